The second kappa shape index (κ2) is 14.0. The monoisotopic (exact) mass is 597 g/mol. The predicted molar refractivity (Wildman–Crippen MR) is 167 cm³/mol. The molecule has 1 fully saturated rings. The van der Waals surface area contributed by atoms with E-state index in [1.807, 2.05) is 58.2 Å². The largest absolute Gasteiger partial charge is 0.488 e. The zero-order valence-corrected chi connectivity index (χ0v) is 26.5. The number of nitrogens with zero attached hydrogens (tertiary/aromatic N) is 2. The number of rotatable bonds is 6. The van der Waals surface area contributed by atoms with Gasteiger partial charge in [-0.15, -0.1) is 11.3 Å². The van der Waals surface area contributed by atoms with Crippen molar-refractivity contribution in [2.45, 2.75) is 79.6 Å². The van der Waals surface area contributed by atoms with Crippen molar-refractivity contribution in [2.24, 2.45) is 5.92 Å². The molecule has 0 bridgehead atoms. The highest BCUT2D eigenvalue weighted by Gasteiger charge is 2.30. The first kappa shape index (κ1) is 31.9. The van der Waals surface area contributed by atoms with E-state index in [9.17, 15) is 4.79 Å². The van der Waals surface area contributed by atoms with Crippen molar-refractivity contribution in [1.82, 2.24) is 10.3 Å². The van der Waals surface area contributed by atoms with Gasteiger partial charge in [-0.1, -0.05) is 11.6 Å². The number of piperidine rings is 1. The fraction of sp³-hybridized carbons (Fsp3) is 0.515. The first-order chi connectivity index (χ1) is 20.0. The number of nitrogens with one attached hydrogen (secondary N) is 1. The lowest BCUT2D eigenvalue weighted by Crippen LogP contribution is -2.38. The van der Waals surface area contributed by atoms with E-state index >= 15 is 4.39 Å². The summed E-state index contributed by atoms with van der Waals surface area (Å²) in [5.41, 5.74) is 5.96. The van der Waals surface area contributed by atoms with E-state index in [1.165, 1.54) is 0 Å². The molecule has 2 N–H and O–H groups in total. The van der Waals surface area contributed by atoms with Gasteiger partial charge in [0.25, 0.3) is 0 Å². The third-order valence-electron chi connectivity index (χ3n) is 7.42. The number of hydrogen-bond donors (Lipinski definition) is 2. The summed E-state index contributed by atoms with van der Waals surface area (Å²) < 4.78 is 27.2. The van der Waals surface area contributed by atoms with Crippen molar-refractivity contribution in [1.29, 1.82) is 0 Å². The van der Waals surface area contributed by atoms with Crippen LogP contribution in [0.25, 0.3) is 11.3 Å². The first-order valence-electron chi connectivity index (χ1n) is 14.8. The number of fused-ring (bicyclic) bond motifs is 1. The smallest absolute Gasteiger partial charge is 0.309 e. The Morgan fingerprint density at radius 2 is 1.90 bits per heavy atom. The van der Waals surface area contributed by atoms with Gasteiger partial charge in [-0.2, -0.15) is 0 Å². The second-order valence-corrected chi connectivity index (χ2v) is 12.8. The zero-order chi connectivity index (χ0) is 30.4. The van der Waals surface area contributed by atoms with Crippen LogP contribution in [0.2, 0.25) is 0 Å². The normalized spacial score (nSPS) is 15.5. The molecular formula is C33H44FN3O4S. The molecule has 3 heterocycles. The molecule has 2 aliphatic rings. The summed E-state index contributed by atoms with van der Waals surface area (Å²) in [5, 5.41) is 13.9. The Morgan fingerprint density at radius 1 is 1.19 bits per heavy atom. The number of carbonyl (C=O) groups is 1. The van der Waals surface area contributed by atoms with Crippen LogP contribution in [0.15, 0.2) is 29.6 Å². The molecule has 0 spiro atoms. The molecule has 0 amide bonds. The topological polar surface area (TPSA) is 83.9 Å². The molecule has 0 radical (unpaired) electrons. The van der Waals surface area contributed by atoms with E-state index in [2.05, 4.69) is 16.3 Å². The van der Waals surface area contributed by atoms with Crippen molar-refractivity contribution in [2.75, 3.05) is 31.1 Å². The molecule has 0 atom stereocenters. The summed E-state index contributed by atoms with van der Waals surface area (Å²) in [6, 6.07) is 7.94. The number of hydrogen-bond acceptors (Lipinski definition) is 8. The number of aromatic nitrogens is 1. The summed E-state index contributed by atoms with van der Waals surface area (Å²) in [6.45, 7) is 14.9. The third-order valence-corrected chi connectivity index (χ3v) is 8.32. The predicted octanol–water partition coefficient (Wildman–Crippen LogP) is 6.35. The summed E-state index contributed by atoms with van der Waals surface area (Å²) in [7, 11) is 0. The summed E-state index contributed by atoms with van der Waals surface area (Å²) in [4.78, 5) is 19.7. The van der Waals surface area contributed by atoms with E-state index in [1.54, 1.807) is 18.3 Å². The minimum atomic E-state index is -0.464. The Morgan fingerprint density at radius 3 is 2.60 bits per heavy atom. The highest BCUT2D eigenvalue weighted by molar-refractivity contribution is 7.14. The van der Waals surface area contributed by atoms with Gasteiger partial charge in [0.2, 0.25) is 0 Å². The number of aliphatic hydroxyl groups excluding tert-OH is 1. The molecule has 0 unspecified atom stereocenters. The van der Waals surface area contributed by atoms with Gasteiger partial charge in [-0.05, 0) is 102 Å². The standard InChI is InChI=1S/C31H38FN3O3S.C2H6O/c1-19-6-7-27(37-17-22-15-20(2)25-16-33-11-8-23(25)28(22)32)24(14-19)26-18-39-30(34-26)35-12-9-21(10-13-35)29(36)38-31(3,4)5;1-2-3/h6-7,14-15,18,21,33H,8-13,16-17H2,1-5H3;3H,2H2,1H3. The maximum absolute atomic E-state index is 15.3. The fourth-order valence-electron chi connectivity index (χ4n) is 5.36. The van der Waals surface area contributed by atoms with Gasteiger partial charge in [0.15, 0.2) is 5.13 Å². The number of benzene rings is 2. The molecule has 2 aliphatic heterocycles. The Labute approximate surface area is 253 Å². The first-order valence-corrected chi connectivity index (χ1v) is 15.7. The average molecular weight is 598 g/mol. The van der Waals surface area contributed by atoms with Gasteiger partial charge in [0.1, 0.15) is 23.8 Å². The van der Waals surface area contributed by atoms with E-state index in [0.29, 0.717) is 24.3 Å². The number of esters is 1. The van der Waals surface area contributed by atoms with E-state index in [4.69, 9.17) is 19.6 Å². The molecule has 0 saturated carbocycles. The van der Waals surface area contributed by atoms with Crippen LogP contribution in [0.4, 0.5) is 9.52 Å². The molecule has 0 aliphatic carbocycles. The highest BCUT2D eigenvalue weighted by atomic mass is 32.1. The number of anilines is 1. The van der Waals surface area contributed by atoms with E-state index in [-0.39, 0.29) is 30.9 Å². The van der Waals surface area contributed by atoms with Crippen LogP contribution in [0.1, 0.15) is 68.4 Å². The molecule has 9 heteroatoms. The summed E-state index contributed by atoms with van der Waals surface area (Å²) >= 11 is 1.60. The molecule has 1 saturated heterocycles. The number of halogens is 1. The minimum absolute atomic E-state index is 0.0689. The minimum Gasteiger partial charge on any atom is -0.488 e. The van der Waals surface area contributed by atoms with Crippen LogP contribution >= 0.6 is 11.3 Å². The lowest BCUT2D eigenvalue weighted by atomic mass is 9.93. The van der Waals surface area contributed by atoms with Crippen LogP contribution < -0.4 is 15.0 Å². The second-order valence-electron chi connectivity index (χ2n) is 12.0. The maximum atomic E-state index is 15.3. The van der Waals surface area contributed by atoms with Gasteiger partial charge in [0, 0.05) is 42.7 Å². The van der Waals surface area contributed by atoms with Gasteiger partial charge in [-0.25, -0.2) is 9.37 Å². The molecule has 5 rings (SSSR count). The molecule has 228 valence electrons. The lowest BCUT2D eigenvalue weighted by Gasteiger charge is -2.32. The van der Waals surface area contributed by atoms with Crippen molar-refractivity contribution in [3.05, 3.63) is 63.3 Å². The fourth-order valence-corrected chi connectivity index (χ4v) is 6.24. The summed E-state index contributed by atoms with van der Waals surface area (Å²) in [5.74, 6) is 0.375. The quantitative estimate of drug-likeness (QED) is 0.321. The number of ether oxygens (including phenoxy) is 2. The van der Waals surface area contributed by atoms with Gasteiger partial charge in [0.05, 0.1) is 11.6 Å². The lowest BCUT2D eigenvalue weighted by molar-refractivity contribution is -0.160. The third kappa shape index (κ3) is 7.88. The molecule has 42 heavy (non-hydrogen) atoms. The number of carbonyl (C=O) groups excluding carboxylic acids is 1. The average Bonchev–Trinajstić information content (AvgIpc) is 3.45. The number of aliphatic hydroxyl groups is 1. The van der Waals surface area contributed by atoms with Crippen LogP contribution in [0, 0.1) is 25.6 Å². The molecular weight excluding hydrogens is 553 g/mol. The van der Waals surface area contributed by atoms with Crippen molar-refractivity contribution in [3.63, 3.8) is 0 Å². The van der Waals surface area contributed by atoms with E-state index in [0.717, 1.165) is 71.1 Å². The zero-order valence-electron chi connectivity index (χ0n) is 25.7. The maximum Gasteiger partial charge on any atom is 0.309 e. The van der Waals surface area contributed by atoms with Gasteiger partial charge >= 0.3 is 5.97 Å². The van der Waals surface area contributed by atoms with Crippen molar-refractivity contribution in [3.8, 4) is 17.0 Å². The number of aryl methyl sites for hydroxylation is 2. The Bertz CT molecular complexity index is 1380. The van der Waals surface area contributed by atoms with Crippen LogP contribution in [-0.4, -0.2) is 47.9 Å². The molecule has 3 aromatic rings. The van der Waals surface area contributed by atoms with Crippen molar-refractivity contribution < 1.29 is 23.8 Å². The SMILES string of the molecule is CCO.Cc1ccc(OCc2cc(C)c3c(c2F)CCNC3)c(-c2csc(N3CCC(C(=O)OC(C)(C)C)CC3)n2)c1. The number of thiazole rings is 1. The van der Waals surface area contributed by atoms with E-state index < -0.39 is 5.60 Å². The van der Waals surface area contributed by atoms with Gasteiger partial charge < -0.3 is 24.8 Å². The Hall–Kier alpha value is -3.01. The van der Waals surface area contributed by atoms with Gasteiger partial charge in [-0.3, -0.25) is 4.79 Å². The molecule has 1 aromatic heterocycles. The molecule has 7 nitrogen and oxygen atoms in total. The highest BCUT2D eigenvalue weighted by Crippen LogP contribution is 2.36. The Balaban J connectivity index is 0.00000129. The van der Waals surface area contributed by atoms with Crippen LogP contribution in [0.3, 0.4) is 0 Å². The van der Waals surface area contributed by atoms with Crippen LogP contribution in [-0.2, 0) is 29.1 Å². The van der Waals surface area contributed by atoms with Crippen LogP contribution in [0.5, 0.6) is 5.75 Å². The molecule has 2 aromatic carbocycles. The summed E-state index contributed by atoms with van der Waals surface area (Å²) in [6.07, 6.45) is 2.21. The Kier molecular flexibility index (Phi) is 10.6. The van der Waals surface area contributed by atoms with Crippen molar-refractivity contribution >= 4 is 22.4 Å².